The maximum Gasteiger partial charge on any atom is 0.141 e. The minimum atomic E-state index is -0.353. The molecule has 1 aromatic rings. The van der Waals surface area contributed by atoms with Crippen molar-refractivity contribution in [1.29, 1.82) is 0 Å². The zero-order chi connectivity index (χ0) is 8.72. The summed E-state index contributed by atoms with van der Waals surface area (Å²) in [6.07, 6.45) is 1.99. The first-order chi connectivity index (χ1) is 5.68. The first kappa shape index (κ1) is 7.95. The second-order valence-corrected chi connectivity index (χ2v) is 3.40. The van der Waals surface area contributed by atoms with E-state index < -0.39 is 0 Å². The summed E-state index contributed by atoms with van der Waals surface area (Å²) >= 11 is 5.76. The van der Waals surface area contributed by atoms with E-state index in [1.165, 1.54) is 6.07 Å². The van der Waals surface area contributed by atoms with E-state index in [9.17, 15) is 4.39 Å². The number of hydrogen-bond donors (Lipinski definition) is 1. The number of nitrogens with zero attached hydrogens (tertiary/aromatic N) is 1. The normalized spacial score (nSPS) is 27.2. The van der Waals surface area contributed by atoms with Gasteiger partial charge in [0.1, 0.15) is 11.0 Å². The van der Waals surface area contributed by atoms with Crippen LogP contribution < -0.4 is 5.73 Å². The summed E-state index contributed by atoms with van der Waals surface area (Å²) in [6, 6.07) is 1.54. The largest absolute Gasteiger partial charge is 0.327 e. The van der Waals surface area contributed by atoms with Gasteiger partial charge in [-0.15, -0.1) is 0 Å². The van der Waals surface area contributed by atoms with Gasteiger partial charge in [-0.3, -0.25) is 0 Å². The van der Waals surface area contributed by atoms with Gasteiger partial charge in [-0.25, -0.2) is 9.37 Å². The molecule has 0 aliphatic heterocycles. The molecule has 0 amide bonds. The Morgan fingerprint density at radius 2 is 2.33 bits per heavy atom. The molecule has 0 bridgehead atoms. The van der Waals surface area contributed by atoms with Crippen molar-refractivity contribution in [2.75, 3.05) is 0 Å². The van der Waals surface area contributed by atoms with Crippen LogP contribution in [0.2, 0.25) is 5.15 Å². The van der Waals surface area contributed by atoms with Gasteiger partial charge in [0.05, 0.1) is 6.20 Å². The van der Waals surface area contributed by atoms with E-state index in [4.69, 9.17) is 17.3 Å². The highest BCUT2D eigenvalue weighted by molar-refractivity contribution is 6.30. The lowest BCUT2D eigenvalue weighted by Crippen LogP contribution is -2.02. The van der Waals surface area contributed by atoms with E-state index >= 15 is 0 Å². The summed E-state index contributed by atoms with van der Waals surface area (Å²) < 4.78 is 12.7. The molecule has 0 saturated heterocycles. The van der Waals surface area contributed by atoms with Gasteiger partial charge in [-0.05, 0) is 18.1 Å². The van der Waals surface area contributed by atoms with E-state index in [-0.39, 0.29) is 17.8 Å². The van der Waals surface area contributed by atoms with Gasteiger partial charge in [0, 0.05) is 12.0 Å². The molecule has 2 rings (SSSR count). The molecule has 1 fully saturated rings. The molecule has 2 unspecified atom stereocenters. The number of hydrogen-bond acceptors (Lipinski definition) is 2. The van der Waals surface area contributed by atoms with Gasteiger partial charge in [-0.1, -0.05) is 11.6 Å². The molecule has 0 spiro atoms. The van der Waals surface area contributed by atoms with Crippen LogP contribution in [0.4, 0.5) is 4.39 Å². The number of nitrogens with two attached hydrogens (primary N) is 1. The molecule has 4 heteroatoms. The first-order valence-corrected chi connectivity index (χ1v) is 4.13. The summed E-state index contributed by atoms with van der Waals surface area (Å²) in [6.45, 7) is 0. The molecule has 2 atom stereocenters. The Morgan fingerprint density at radius 3 is 2.92 bits per heavy atom. The summed E-state index contributed by atoms with van der Waals surface area (Å²) in [5.41, 5.74) is 6.35. The Bertz CT molecular complexity index is 316. The second-order valence-electron chi connectivity index (χ2n) is 3.04. The van der Waals surface area contributed by atoms with E-state index in [1.54, 1.807) is 0 Å². The quantitative estimate of drug-likeness (QED) is 0.678. The molecule has 0 radical (unpaired) electrons. The van der Waals surface area contributed by atoms with Crippen LogP contribution in [0.15, 0.2) is 12.3 Å². The van der Waals surface area contributed by atoms with Crippen LogP contribution in [0.5, 0.6) is 0 Å². The van der Waals surface area contributed by atoms with Crippen molar-refractivity contribution < 1.29 is 4.39 Å². The second kappa shape index (κ2) is 2.68. The molecule has 1 heterocycles. The minimum Gasteiger partial charge on any atom is -0.327 e. The van der Waals surface area contributed by atoms with Crippen LogP contribution in [-0.4, -0.2) is 11.0 Å². The Morgan fingerprint density at radius 1 is 1.67 bits per heavy atom. The zero-order valence-electron chi connectivity index (χ0n) is 6.30. The van der Waals surface area contributed by atoms with Gasteiger partial charge in [-0.2, -0.15) is 0 Å². The standard InChI is InChI=1S/C8H8ClFN2/c9-8-6(5-2-7(5)11)1-4(10)3-12-8/h1,3,5,7H,2,11H2. The molecule has 64 valence electrons. The number of halogens is 2. The highest BCUT2D eigenvalue weighted by Crippen LogP contribution is 2.41. The van der Waals surface area contributed by atoms with Crippen LogP contribution in [0.1, 0.15) is 17.9 Å². The number of rotatable bonds is 1. The van der Waals surface area contributed by atoms with E-state index in [1.807, 2.05) is 0 Å². The molecule has 0 aromatic carbocycles. The maximum atomic E-state index is 12.7. The van der Waals surface area contributed by atoms with Gasteiger partial charge in [0.15, 0.2) is 0 Å². The van der Waals surface area contributed by atoms with Crippen molar-refractivity contribution in [2.24, 2.45) is 5.73 Å². The predicted molar refractivity (Wildman–Crippen MR) is 44.5 cm³/mol. The van der Waals surface area contributed by atoms with Crippen LogP contribution in [-0.2, 0) is 0 Å². The molecule has 1 aromatic heterocycles. The van der Waals surface area contributed by atoms with Crippen LogP contribution in [0, 0.1) is 5.82 Å². The summed E-state index contributed by atoms with van der Waals surface area (Å²) in [5.74, 6) is -0.144. The lowest BCUT2D eigenvalue weighted by atomic mass is 10.2. The third-order valence-corrected chi connectivity index (χ3v) is 2.39. The topological polar surface area (TPSA) is 38.9 Å². The molecule has 12 heavy (non-hydrogen) atoms. The molecule has 1 saturated carbocycles. The number of aromatic nitrogens is 1. The zero-order valence-corrected chi connectivity index (χ0v) is 7.05. The minimum absolute atomic E-state index is 0.131. The van der Waals surface area contributed by atoms with E-state index in [2.05, 4.69) is 4.98 Å². The maximum absolute atomic E-state index is 12.7. The summed E-state index contributed by atoms with van der Waals surface area (Å²) in [5, 5.41) is 0.370. The van der Waals surface area contributed by atoms with Gasteiger partial charge in [0.2, 0.25) is 0 Å². The summed E-state index contributed by atoms with van der Waals surface area (Å²) in [7, 11) is 0. The van der Waals surface area contributed by atoms with Crippen molar-refractivity contribution >= 4 is 11.6 Å². The van der Waals surface area contributed by atoms with Gasteiger partial charge < -0.3 is 5.73 Å². The van der Waals surface area contributed by atoms with Gasteiger partial charge in [0.25, 0.3) is 0 Å². The van der Waals surface area contributed by atoms with E-state index in [0.29, 0.717) is 5.15 Å². The van der Waals surface area contributed by atoms with Crippen molar-refractivity contribution in [3.63, 3.8) is 0 Å². The van der Waals surface area contributed by atoms with Crippen molar-refractivity contribution in [2.45, 2.75) is 18.4 Å². The fourth-order valence-electron chi connectivity index (χ4n) is 1.27. The van der Waals surface area contributed by atoms with Crippen LogP contribution in [0.25, 0.3) is 0 Å². The Hall–Kier alpha value is -0.670. The average molecular weight is 187 g/mol. The SMILES string of the molecule is NC1CC1c1cc(F)cnc1Cl. The number of pyridine rings is 1. The van der Waals surface area contributed by atoms with Crippen molar-refractivity contribution in [3.8, 4) is 0 Å². The van der Waals surface area contributed by atoms with Crippen LogP contribution >= 0.6 is 11.6 Å². The molecular formula is C8H8ClFN2. The first-order valence-electron chi connectivity index (χ1n) is 3.75. The molecule has 1 aliphatic rings. The summed E-state index contributed by atoms with van der Waals surface area (Å²) in [4.78, 5) is 3.71. The van der Waals surface area contributed by atoms with Gasteiger partial charge >= 0.3 is 0 Å². The third kappa shape index (κ3) is 1.30. The Labute approximate surface area is 74.5 Å². The lowest BCUT2D eigenvalue weighted by molar-refractivity contribution is 0.618. The Balaban J connectivity index is 2.36. The molecule has 1 aliphatic carbocycles. The molecule has 2 N–H and O–H groups in total. The van der Waals surface area contributed by atoms with E-state index in [0.717, 1.165) is 18.2 Å². The fourth-order valence-corrected chi connectivity index (χ4v) is 1.51. The van der Waals surface area contributed by atoms with Crippen molar-refractivity contribution in [3.05, 3.63) is 28.8 Å². The average Bonchev–Trinajstić information content (AvgIpc) is 2.73. The monoisotopic (exact) mass is 186 g/mol. The predicted octanol–water partition coefficient (Wildman–Crippen LogP) is 1.69. The van der Waals surface area contributed by atoms with Crippen molar-refractivity contribution in [1.82, 2.24) is 4.98 Å². The highest BCUT2D eigenvalue weighted by Gasteiger charge is 2.36. The van der Waals surface area contributed by atoms with Crippen LogP contribution in [0.3, 0.4) is 0 Å². The highest BCUT2D eigenvalue weighted by atomic mass is 35.5. The third-order valence-electron chi connectivity index (χ3n) is 2.07. The lowest BCUT2D eigenvalue weighted by Gasteiger charge is -2.00. The molecule has 2 nitrogen and oxygen atoms in total. The molecular weight excluding hydrogens is 179 g/mol. The fraction of sp³-hybridized carbons (Fsp3) is 0.375. The Kier molecular flexibility index (Phi) is 1.77. The smallest absolute Gasteiger partial charge is 0.141 e.